The van der Waals surface area contributed by atoms with E-state index in [1.165, 1.54) is 12.8 Å². The first kappa shape index (κ1) is 14.0. The molecular formula is C15H22N2O2. The lowest BCUT2D eigenvalue weighted by atomic mass is 9.79. The van der Waals surface area contributed by atoms with Crippen LogP contribution in [-0.4, -0.2) is 29.1 Å². The molecule has 2 unspecified atom stereocenters. The SMILES string of the molecule is Cc1cncc(C(=O)NCC2CCCCC2CO)c1. The predicted molar refractivity (Wildman–Crippen MR) is 73.8 cm³/mol. The second kappa shape index (κ2) is 6.66. The van der Waals surface area contributed by atoms with Crippen LogP contribution in [0.1, 0.15) is 41.6 Å². The second-order valence-corrected chi connectivity index (χ2v) is 5.45. The van der Waals surface area contributed by atoms with Gasteiger partial charge in [-0.2, -0.15) is 0 Å². The van der Waals surface area contributed by atoms with Gasteiger partial charge in [0.25, 0.3) is 5.91 Å². The summed E-state index contributed by atoms with van der Waals surface area (Å²) in [5, 5.41) is 12.3. The van der Waals surface area contributed by atoms with Gasteiger partial charge in [-0.05, 0) is 43.2 Å². The van der Waals surface area contributed by atoms with Crippen molar-refractivity contribution in [2.75, 3.05) is 13.2 Å². The molecule has 19 heavy (non-hydrogen) atoms. The van der Waals surface area contributed by atoms with Crippen LogP contribution in [-0.2, 0) is 0 Å². The molecule has 0 radical (unpaired) electrons. The molecule has 4 heteroatoms. The van der Waals surface area contributed by atoms with E-state index in [1.54, 1.807) is 12.4 Å². The Bertz CT molecular complexity index is 434. The van der Waals surface area contributed by atoms with Crippen molar-refractivity contribution in [2.24, 2.45) is 11.8 Å². The molecule has 1 saturated carbocycles. The van der Waals surface area contributed by atoms with E-state index in [1.807, 2.05) is 13.0 Å². The van der Waals surface area contributed by atoms with Crippen LogP contribution < -0.4 is 5.32 Å². The smallest absolute Gasteiger partial charge is 0.252 e. The van der Waals surface area contributed by atoms with Gasteiger partial charge in [-0.3, -0.25) is 9.78 Å². The topological polar surface area (TPSA) is 62.2 Å². The highest BCUT2D eigenvalue weighted by Crippen LogP contribution is 2.29. The number of aryl methyl sites for hydroxylation is 1. The van der Waals surface area contributed by atoms with Crippen molar-refractivity contribution < 1.29 is 9.90 Å². The molecule has 0 spiro atoms. The third-order valence-corrected chi connectivity index (χ3v) is 3.96. The zero-order chi connectivity index (χ0) is 13.7. The molecule has 2 rings (SSSR count). The van der Waals surface area contributed by atoms with Gasteiger partial charge >= 0.3 is 0 Å². The first-order chi connectivity index (χ1) is 9.20. The Hall–Kier alpha value is -1.42. The van der Waals surface area contributed by atoms with E-state index < -0.39 is 0 Å². The zero-order valence-electron chi connectivity index (χ0n) is 11.4. The lowest BCUT2D eigenvalue weighted by Crippen LogP contribution is -2.35. The Morgan fingerprint density at radius 3 is 2.79 bits per heavy atom. The van der Waals surface area contributed by atoms with E-state index in [4.69, 9.17) is 0 Å². The molecule has 1 fully saturated rings. The standard InChI is InChI=1S/C15H22N2O2/c1-11-6-14(8-16-7-11)15(19)17-9-12-4-2-3-5-13(12)10-18/h6-8,12-13,18H,2-5,9-10H2,1H3,(H,17,19). The van der Waals surface area contributed by atoms with Crippen LogP contribution in [0.5, 0.6) is 0 Å². The molecule has 1 aromatic heterocycles. The summed E-state index contributed by atoms with van der Waals surface area (Å²) < 4.78 is 0. The van der Waals surface area contributed by atoms with E-state index in [-0.39, 0.29) is 12.5 Å². The van der Waals surface area contributed by atoms with Crippen molar-refractivity contribution >= 4 is 5.91 Å². The number of rotatable bonds is 4. The molecule has 1 aromatic rings. The molecule has 2 atom stereocenters. The molecule has 0 bridgehead atoms. The highest BCUT2D eigenvalue weighted by molar-refractivity contribution is 5.93. The van der Waals surface area contributed by atoms with Gasteiger partial charge in [0.1, 0.15) is 0 Å². The third-order valence-electron chi connectivity index (χ3n) is 3.96. The summed E-state index contributed by atoms with van der Waals surface area (Å²) >= 11 is 0. The molecule has 1 aliphatic carbocycles. The van der Waals surface area contributed by atoms with Gasteiger partial charge in [-0.25, -0.2) is 0 Å². The number of amides is 1. The van der Waals surface area contributed by atoms with Crippen molar-refractivity contribution in [1.82, 2.24) is 10.3 Å². The van der Waals surface area contributed by atoms with E-state index in [9.17, 15) is 9.90 Å². The predicted octanol–water partition coefficient (Wildman–Crippen LogP) is 1.92. The average Bonchev–Trinajstić information content (AvgIpc) is 2.45. The summed E-state index contributed by atoms with van der Waals surface area (Å²) in [5.74, 6) is 0.670. The van der Waals surface area contributed by atoms with Crippen LogP contribution in [0, 0.1) is 18.8 Å². The second-order valence-electron chi connectivity index (χ2n) is 5.45. The number of nitrogens with zero attached hydrogens (tertiary/aromatic N) is 1. The number of pyridine rings is 1. The lowest BCUT2D eigenvalue weighted by molar-refractivity contribution is 0.0909. The maximum Gasteiger partial charge on any atom is 0.252 e. The van der Waals surface area contributed by atoms with Gasteiger partial charge in [0, 0.05) is 25.5 Å². The minimum Gasteiger partial charge on any atom is -0.396 e. The van der Waals surface area contributed by atoms with Crippen LogP contribution in [0.4, 0.5) is 0 Å². The Kier molecular flexibility index (Phi) is 4.91. The van der Waals surface area contributed by atoms with Crippen molar-refractivity contribution in [3.8, 4) is 0 Å². The van der Waals surface area contributed by atoms with Crippen LogP contribution >= 0.6 is 0 Å². The van der Waals surface area contributed by atoms with Crippen LogP contribution in [0.2, 0.25) is 0 Å². The number of aliphatic hydroxyl groups excluding tert-OH is 1. The summed E-state index contributed by atoms with van der Waals surface area (Å²) in [4.78, 5) is 16.1. The molecule has 1 aliphatic rings. The van der Waals surface area contributed by atoms with E-state index in [0.29, 0.717) is 23.9 Å². The van der Waals surface area contributed by atoms with E-state index in [0.717, 1.165) is 18.4 Å². The molecule has 4 nitrogen and oxygen atoms in total. The highest BCUT2D eigenvalue weighted by atomic mass is 16.3. The van der Waals surface area contributed by atoms with Gasteiger partial charge in [-0.1, -0.05) is 12.8 Å². The monoisotopic (exact) mass is 262 g/mol. The normalized spacial score (nSPS) is 23.1. The van der Waals surface area contributed by atoms with Gasteiger partial charge in [0.15, 0.2) is 0 Å². The lowest BCUT2D eigenvalue weighted by Gasteiger charge is -2.30. The molecule has 104 valence electrons. The molecule has 1 amide bonds. The Morgan fingerprint density at radius 2 is 2.11 bits per heavy atom. The Labute approximate surface area is 114 Å². The third kappa shape index (κ3) is 3.77. The number of hydrogen-bond acceptors (Lipinski definition) is 3. The van der Waals surface area contributed by atoms with Crippen LogP contribution in [0.15, 0.2) is 18.5 Å². The Balaban J connectivity index is 1.89. The number of aliphatic hydroxyl groups is 1. The maximum atomic E-state index is 12.0. The van der Waals surface area contributed by atoms with Gasteiger partial charge < -0.3 is 10.4 Å². The van der Waals surface area contributed by atoms with E-state index in [2.05, 4.69) is 10.3 Å². The number of nitrogens with one attached hydrogen (secondary N) is 1. The summed E-state index contributed by atoms with van der Waals surface area (Å²) in [7, 11) is 0. The molecule has 0 saturated heterocycles. The molecule has 1 heterocycles. The number of aromatic nitrogens is 1. The molecule has 2 N–H and O–H groups in total. The van der Waals surface area contributed by atoms with Gasteiger partial charge in [-0.15, -0.1) is 0 Å². The Morgan fingerprint density at radius 1 is 1.37 bits per heavy atom. The summed E-state index contributed by atoms with van der Waals surface area (Å²) in [6.07, 6.45) is 7.88. The van der Waals surface area contributed by atoms with Crippen LogP contribution in [0.25, 0.3) is 0 Å². The highest BCUT2D eigenvalue weighted by Gasteiger charge is 2.24. The van der Waals surface area contributed by atoms with Gasteiger partial charge in [0.2, 0.25) is 0 Å². The van der Waals surface area contributed by atoms with Crippen molar-refractivity contribution in [3.63, 3.8) is 0 Å². The quantitative estimate of drug-likeness (QED) is 0.871. The fourth-order valence-electron chi connectivity index (χ4n) is 2.80. The number of carbonyl (C=O) groups is 1. The van der Waals surface area contributed by atoms with Crippen LogP contribution in [0.3, 0.4) is 0 Å². The first-order valence-corrected chi connectivity index (χ1v) is 7.01. The molecule has 0 aromatic carbocycles. The summed E-state index contributed by atoms with van der Waals surface area (Å²) in [6, 6.07) is 1.84. The van der Waals surface area contributed by atoms with E-state index >= 15 is 0 Å². The zero-order valence-corrected chi connectivity index (χ0v) is 11.4. The summed E-state index contributed by atoms with van der Waals surface area (Å²) in [6.45, 7) is 2.80. The minimum absolute atomic E-state index is 0.0709. The molecular weight excluding hydrogens is 240 g/mol. The van der Waals surface area contributed by atoms with Crippen molar-refractivity contribution in [1.29, 1.82) is 0 Å². The minimum atomic E-state index is -0.0709. The maximum absolute atomic E-state index is 12.0. The number of hydrogen-bond donors (Lipinski definition) is 2. The molecule has 0 aliphatic heterocycles. The number of carbonyl (C=O) groups excluding carboxylic acids is 1. The van der Waals surface area contributed by atoms with Crippen molar-refractivity contribution in [2.45, 2.75) is 32.6 Å². The largest absolute Gasteiger partial charge is 0.396 e. The summed E-state index contributed by atoms with van der Waals surface area (Å²) in [5.41, 5.74) is 1.59. The fraction of sp³-hybridized carbons (Fsp3) is 0.600. The van der Waals surface area contributed by atoms with Gasteiger partial charge in [0.05, 0.1) is 5.56 Å². The fourth-order valence-corrected chi connectivity index (χ4v) is 2.80. The first-order valence-electron chi connectivity index (χ1n) is 7.01. The van der Waals surface area contributed by atoms with Crippen molar-refractivity contribution in [3.05, 3.63) is 29.6 Å². The average molecular weight is 262 g/mol.